The second-order valence-corrected chi connectivity index (χ2v) is 4.80. The number of ether oxygens (including phenoxy) is 2. The molecule has 0 bridgehead atoms. The van der Waals surface area contributed by atoms with Crippen molar-refractivity contribution in [2.75, 3.05) is 19.5 Å². The predicted octanol–water partition coefficient (Wildman–Crippen LogP) is 4.09. The smallest absolute Gasteiger partial charge is 0.145 e. The van der Waals surface area contributed by atoms with Crippen LogP contribution in [0.1, 0.15) is 30.0 Å². The number of aryl methyl sites for hydroxylation is 2. The molecular formula is C16H21NO3. The summed E-state index contributed by atoms with van der Waals surface area (Å²) in [6.07, 6.45) is 0. The topological polar surface area (TPSA) is 43.6 Å². The molecule has 4 nitrogen and oxygen atoms in total. The molecule has 0 aliphatic heterocycles. The maximum atomic E-state index is 5.58. The number of furan rings is 1. The maximum Gasteiger partial charge on any atom is 0.145 e. The number of hydrogen-bond donors (Lipinski definition) is 1. The molecule has 1 unspecified atom stereocenters. The van der Waals surface area contributed by atoms with Crippen LogP contribution in [-0.4, -0.2) is 14.2 Å². The Morgan fingerprint density at radius 3 is 2.40 bits per heavy atom. The van der Waals surface area contributed by atoms with Crippen LogP contribution in [-0.2, 0) is 0 Å². The molecular weight excluding hydrogens is 254 g/mol. The van der Waals surface area contributed by atoms with Crippen LogP contribution in [0.2, 0.25) is 0 Å². The first-order chi connectivity index (χ1) is 9.55. The van der Waals surface area contributed by atoms with Crippen molar-refractivity contribution in [2.24, 2.45) is 0 Å². The van der Waals surface area contributed by atoms with E-state index in [1.807, 2.05) is 32.0 Å². The Labute approximate surface area is 119 Å². The highest BCUT2D eigenvalue weighted by molar-refractivity contribution is 5.60. The molecule has 0 saturated carbocycles. The molecule has 0 spiro atoms. The summed E-state index contributed by atoms with van der Waals surface area (Å²) >= 11 is 0. The van der Waals surface area contributed by atoms with Crippen LogP contribution < -0.4 is 14.8 Å². The zero-order valence-electron chi connectivity index (χ0n) is 12.6. The van der Waals surface area contributed by atoms with Gasteiger partial charge in [-0.1, -0.05) is 0 Å². The zero-order valence-corrected chi connectivity index (χ0v) is 12.6. The second-order valence-electron chi connectivity index (χ2n) is 4.80. The van der Waals surface area contributed by atoms with Crippen molar-refractivity contribution in [3.8, 4) is 11.5 Å². The second kappa shape index (κ2) is 5.90. The summed E-state index contributed by atoms with van der Waals surface area (Å²) < 4.78 is 16.2. The van der Waals surface area contributed by atoms with Crippen LogP contribution in [0.25, 0.3) is 0 Å². The Morgan fingerprint density at radius 1 is 1.10 bits per heavy atom. The first kappa shape index (κ1) is 14.3. The average molecular weight is 275 g/mol. The van der Waals surface area contributed by atoms with Gasteiger partial charge in [0, 0.05) is 11.6 Å². The largest absolute Gasteiger partial charge is 0.497 e. The lowest BCUT2D eigenvalue weighted by Gasteiger charge is -2.17. The van der Waals surface area contributed by atoms with E-state index in [2.05, 4.69) is 18.3 Å². The van der Waals surface area contributed by atoms with E-state index in [1.165, 1.54) is 0 Å². The molecule has 1 N–H and O–H groups in total. The lowest BCUT2D eigenvalue weighted by molar-refractivity contribution is 0.395. The monoisotopic (exact) mass is 275 g/mol. The molecule has 2 aromatic rings. The Morgan fingerprint density at radius 2 is 1.85 bits per heavy atom. The van der Waals surface area contributed by atoms with Crippen molar-refractivity contribution in [1.29, 1.82) is 0 Å². The Balaban J connectivity index is 2.23. The van der Waals surface area contributed by atoms with Crippen molar-refractivity contribution in [3.05, 3.63) is 41.3 Å². The van der Waals surface area contributed by atoms with Crippen molar-refractivity contribution in [1.82, 2.24) is 0 Å². The fraction of sp³-hybridized carbons (Fsp3) is 0.375. The molecule has 1 atom stereocenters. The molecule has 1 heterocycles. The molecule has 0 saturated heterocycles. The van der Waals surface area contributed by atoms with Gasteiger partial charge >= 0.3 is 0 Å². The average Bonchev–Trinajstić information content (AvgIpc) is 2.78. The molecule has 20 heavy (non-hydrogen) atoms. The minimum absolute atomic E-state index is 0.134. The Bertz CT molecular complexity index is 589. The summed E-state index contributed by atoms with van der Waals surface area (Å²) in [4.78, 5) is 0. The van der Waals surface area contributed by atoms with Gasteiger partial charge in [-0.3, -0.25) is 0 Å². The van der Waals surface area contributed by atoms with Crippen LogP contribution in [0.3, 0.4) is 0 Å². The van der Waals surface area contributed by atoms with Gasteiger partial charge in [0.1, 0.15) is 23.0 Å². The molecule has 0 radical (unpaired) electrons. The van der Waals surface area contributed by atoms with E-state index in [0.717, 1.165) is 34.3 Å². The lowest BCUT2D eigenvalue weighted by Crippen LogP contribution is -2.08. The Kier molecular flexibility index (Phi) is 4.23. The third-order valence-electron chi connectivity index (χ3n) is 3.33. The summed E-state index contributed by atoms with van der Waals surface area (Å²) in [7, 11) is 3.29. The van der Waals surface area contributed by atoms with E-state index in [-0.39, 0.29) is 6.04 Å². The van der Waals surface area contributed by atoms with Crippen LogP contribution >= 0.6 is 0 Å². The van der Waals surface area contributed by atoms with E-state index >= 15 is 0 Å². The Hall–Kier alpha value is -2.10. The SMILES string of the molecule is COc1ccc(NC(C)c2cc(C)oc2C)c(OC)c1. The number of anilines is 1. The number of rotatable bonds is 5. The minimum Gasteiger partial charge on any atom is -0.497 e. The van der Waals surface area contributed by atoms with Crippen LogP contribution in [0, 0.1) is 13.8 Å². The summed E-state index contributed by atoms with van der Waals surface area (Å²) in [6, 6.07) is 7.92. The molecule has 0 fully saturated rings. The van der Waals surface area contributed by atoms with Gasteiger partial charge in [0.05, 0.1) is 25.9 Å². The van der Waals surface area contributed by atoms with E-state index in [9.17, 15) is 0 Å². The molecule has 0 aliphatic carbocycles. The van der Waals surface area contributed by atoms with Crippen molar-refractivity contribution < 1.29 is 13.9 Å². The highest BCUT2D eigenvalue weighted by Gasteiger charge is 2.14. The van der Waals surface area contributed by atoms with Gasteiger partial charge in [-0.2, -0.15) is 0 Å². The molecule has 1 aromatic carbocycles. The van der Waals surface area contributed by atoms with Crippen LogP contribution in [0.5, 0.6) is 11.5 Å². The van der Waals surface area contributed by atoms with Gasteiger partial charge < -0.3 is 19.2 Å². The predicted molar refractivity (Wildman–Crippen MR) is 79.8 cm³/mol. The molecule has 2 rings (SSSR count). The van der Waals surface area contributed by atoms with Crippen molar-refractivity contribution in [3.63, 3.8) is 0 Å². The molecule has 4 heteroatoms. The van der Waals surface area contributed by atoms with E-state index in [4.69, 9.17) is 13.9 Å². The molecule has 108 valence electrons. The van der Waals surface area contributed by atoms with Gasteiger partial charge in [0.15, 0.2) is 0 Å². The number of benzene rings is 1. The summed E-state index contributed by atoms with van der Waals surface area (Å²) in [6.45, 7) is 6.03. The van der Waals surface area contributed by atoms with Crippen LogP contribution in [0.4, 0.5) is 5.69 Å². The molecule has 1 aromatic heterocycles. The first-order valence-electron chi connectivity index (χ1n) is 6.60. The van der Waals surface area contributed by atoms with E-state index < -0.39 is 0 Å². The highest BCUT2D eigenvalue weighted by Crippen LogP contribution is 2.32. The highest BCUT2D eigenvalue weighted by atomic mass is 16.5. The minimum atomic E-state index is 0.134. The fourth-order valence-electron chi connectivity index (χ4n) is 2.31. The van der Waals surface area contributed by atoms with Crippen molar-refractivity contribution in [2.45, 2.75) is 26.8 Å². The van der Waals surface area contributed by atoms with Gasteiger partial charge in [0.2, 0.25) is 0 Å². The third-order valence-corrected chi connectivity index (χ3v) is 3.33. The lowest BCUT2D eigenvalue weighted by atomic mass is 10.1. The molecule has 0 amide bonds. The van der Waals surface area contributed by atoms with E-state index in [1.54, 1.807) is 14.2 Å². The maximum absolute atomic E-state index is 5.58. The summed E-state index contributed by atoms with van der Waals surface area (Å²) in [5.41, 5.74) is 2.08. The third kappa shape index (κ3) is 2.90. The van der Waals surface area contributed by atoms with E-state index in [0.29, 0.717) is 0 Å². The molecule has 0 aliphatic rings. The van der Waals surface area contributed by atoms with Crippen molar-refractivity contribution >= 4 is 5.69 Å². The van der Waals surface area contributed by atoms with Gasteiger partial charge in [-0.25, -0.2) is 0 Å². The number of methoxy groups -OCH3 is 2. The normalized spacial score (nSPS) is 12.1. The van der Waals surface area contributed by atoms with Gasteiger partial charge in [-0.05, 0) is 39.0 Å². The number of nitrogens with one attached hydrogen (secondary N) is 1. The quantitative estimate of drug-likeness (QED) is 0.892. The van der Waals surface area contributed by atoms with Crippen LogP contribution in [0.15, 0.2) is 28.7 Å². The standard InChI is InChI=1S/C16H21NO3/c1-10-8-14(12(3)20-10)11(2)17-15-7-6-13(18-4)9-16(15)19-5/h6-9,11,17H,1-5H3. The zero-order chi connectivity index (χ0) is 14.7. The summed E-state index contributed by atoms with van der Waals surface area (Å²) in [5, 5.41) is 3.44. The first-order valence-corrected chi connectivity index (χ1v) is 6.60. The fourth-order valence-corrected chi connectivity index (χ4v) is 2.31. The van der Waals surface area contributed by atoms with Gasteiger partial charge in [-0.15, -0.1) is 0 Å². The number of hydrogen-bond acceptors (Lipinski definition) is 4. The van der Waals surface area contributed by atoms with Gasteiger partial charge in [0.25, 0.3) is 0 Å². The summed E-state index contributed by atoms with van der Waals surface area (Å²) in [5.74, 6) is 3.40.